The minimum atomic E-state index is -0.708. The number of urea groups is 1. The Morgan fingerprint density at radius 3 is 2.30 bits per heavy atom. The lowest BCUT2D eigenvalue weighted by molar-refractivity contribution is -0.384. The Balaban J connectivity index is 1.44. The molecule has 0 spiro atoms. The fourth-order valence-corrected chi connectivity index (χ4v) is 6.11. The Labute approximate surface area is 236 Å². The van der Waals surface area contributed by atoms with E-state index in [-0.39, 0.29) is 29.5 Å². The molecule has 2 fully saturated rings. The Morgan fingerprint density at radius 2 is 1.70 bits per heavy atom. The van der Waals surface area contributed by atoms with Crippen LogP contribution >= 0.6 is 11.8 Å². The van der Waals surface area contributed by atoms with E-state index in [0.717, 1.165) is 11.3 Å². The zero-order valence-electron chi connectivity index (χ0n) is 22.4. The van der Waals surface area contributed by atoms with Gasteiger partial charge in [0.05, 0.1) is 12.0 Å². The number of thioether (sulfide) groups is 1. The smallest absolute Gasteiger partial charge is 0.410 e. The molecule has 2 N–H and O–H groups in total. The third-order valence-electron chi connectivity index (χ3n) is 7.16. The number of likely N-dealkylation sites (tertiary alicyclic amines) is 1. The van der Waals surface area contributed by atoms with E-state index in [1.807, 2.05) is 31.2 Å². The second-order valence-electron chi connectivity index (χ2n) is 9.83. The summed E-state index contributed by atoms with van der Waals surface area (Å²) in [4.78, 5) is 53.7. The molecule has 4 rings (SSSR count). The quantitative estimate of drug-likeness (QED) is 0.375. The molecular weight excluding hydrogens is 538 g/mol. The van der Waals surface area contributed by atoms with E-state index in [1.54, 1.807) is 23.8 Å². The van der Waals surface area contributed by atoms with Gasteiger partial charge in [0.25, 0.3) is 5.69 Å². The number of carbonyl (C=O) groups excluding carboxylic acids is 3. The average molecular weight is 572 g/mol. The number of non-ortho nitro benzene ring substituents is 1. The van der Waals surface area contributed by atoms with E-state index in [1.165, 1.54) is 34.1 Å². The number of hydrogen-bond acceptors (Lipinski definition) is 8. The fraction of sp³-hybridized carbons (Fsp3) is 0.444. The lowest BCUT2D eigenvalue weighted by Crippen LogP contribution is -2.59. The van der Waals surface area contributed by atoms with Crippen LogP contribution in [0.2, 0.25) is 0 Å². The van der Waals surface area contributed by atoms with Gasteiger partial charge in [0.15, 0.2) is 0 Å². The van der Waals surface area contributed by atoms with Crippen LogP contribution < -0.4 is 10.5 Å². The van der Waals surface area contributed by atoms with E-state index in [2.05, 4.69) is 0 Å². The number of hydrogen-bond donors (Lipinski definition) is 1. The molecule has 13 heteroatoms. The number of piperazine rings is 1. The molecule has 214 valence electrons. The number of benzene rings is 2. The van der Waals surface area contributed by atoms with Crippen molar-refractivity contribution in [2.45, 2.75) is 43.0 Å². The highest BCUT2D eigenvalue weighted by Crippen LogP contribution is 2.32. The van der Waals surface area contributed by atoms with Crippen molar-refractivity contribution in [2.75, 3.05) is 33.3 Å². The summed E-state index contributed by atoms with van der Waals surface area (Å²) < 4.78 is 10.8. The molecule has 2 saturated heterocycles. The number of methoxy groups -OCH3 is 1. The lowest BCUT2D eigenvalue weighted by atomic mass is 10.1. The van der Waals surface area contributed by atoms with E-state index in [0.29, 0.717) is 43.9 Å². The SMILES string of the molecule is COc1ccc(CS[C@H]2C[C@@H](C(=O)N3CCN(C(N)=O)CC3C)N(C(=O)OCc3ccc([N+](=O)[O-])cc3)C2)cc1. The molecule has 4 amide bonds. The topological polar surface area (TPSA) is 149 Å². The summed E-state index contributed by atoms with van der Waals surface area (Å²) in [5.41, 5.74) is 7.07. The number of ether oxygens (including phenoxy) is 2. The molecule has 12 nitrogen and oxygen atoms in total. The maximum Gasteiger partial charge on any atom is 0.410 e. The van der Waals surface area contributed by atoms with Crippen LogP contribution in [-0.2, 0) is 21.9 Å². The van der Waals surface area contributed by atoms with Crippen molar-refractivity contribution in [3.05, 3.63) is 69.8 Å². The molecule has 40 heavy (non-hydrogen) atoms. The van der Waals surface area contributed by atoms with Gasteiger partial charge in [-0.3, -0.25) is 19.8 Å². The summed E-state index contributed by atoms with van der Waals surface area (Å²) in [6.07, 6.45) is -0.151. The molecule has 3 atom stereocenters. The zero-order valence-corrected chi connectivity index (χ0v) is 23.2. The van der Waals surface area contributed by atoms with Crippen molar-refractivity contribution in [1.29, 1.82) is 0 Å². The van der Waals surface area contributed by atoms with Gasteiger partial charge in [0.1, 0.15) is 18.4 Å². The van der Waals surface area contributed by atoms with E-state index >= 15 is 0 Å². The predicted molar refractivity (Wildman–Crippen MR) is 149 cm³/mol. The maximum atomic E-state index is 13.7. The van der Waals surface area contributed by atoms with Crippen LogP contribution in [-0.4, -0.2) is 88.3 Å². The van der Waals surface area contributed by atoms with Crippen LogP contribution in [0.15, 0.2) is 48.5 Å². The summed E-state index contributed by atoms with van der Waals surface area (Å²) in [7, 11) is 1.61. The van der Waals surface area contributed by atoms with Crippen LogP contribution in [0.3, 0.4) is 0 Å². The van der Waals surface area contributed by atoms with Gasteiger partial charge in [-0.15, -0.1) is 0 Å². The summed E-state index contributed by atoms with van der Waals surface area (Å²) in [5, 5.41) is 10.9. The number of rotatable bonds is 8. The monoisotopic (exact) mass is 571 g/mol. The molecule has 0 radical (unpaired) electrons. The van der Waals surface area contributed by atoms with E-state index in [4.69, 9.17) is 15.2 Å². The van der Waals surface area contributed by atoms with Crippen molar-refractivity contribution in [1.82, 2.24) is 14.7 Å². The summed E-state index contributed by atoms with van der Waals surface area (Å²) >= 11 is 1.67. The maximum absolute atomic E-state index is 13.7. The first-order chi connectivity index (χ1) is 19.2. The molecule has 2 aromatic rings. The Bertz CT molecular complexity index is 1230. The summed E-state index contributed by atoms with van der Waals surface area (Å²) in [5.74, 6) is 1.29. The molecule has 2 aliphatic rings. The zero-order chi connectivity index (χ0) is 28.8. The first-order valence-electron chi connectivity index (χ1n) is 12.9. The highest BCUT2D eigenvalue weighted by atomic mass is 32.2. The van der Waals surface area contributed by atoms with Gasteiger partial charge in [-0.25, -0.2) is 9.59 Å². The third kappa shape index (κ3) is 6.95. The summed E-state index contributed by atoms with van der Waals surface area (Å²) in [6, 6.07) is 12.0. The van der Waals surface area contributed by atoms with Gasteiger partial charge in [-0.1, -0.05) is 12.1 Å². The minimum Gasteiger partial charge on any atom is -0.497 e. The van der Waals surface area contributed by atoms with E-state index < -0.39 is 23.1 Å². The lowest BCUT2D eigenvalue weighted by Gasteiger charge is -2.41. The molecule has 2 aromatic carbocycles. The first kappa shape index (κ1) is 29.0. The van der Waals surface area contributed by atoms with Crippen molar-refractivity contribution in [3.8, 4) is 5.75 Å². The van der Waals surface area contributed by atoms with Crippen LogP contribution in [0.25, 0.3) is 0 Å². The molecule has 2 aliphatic heterocycles. The van der Waals surface area contributed by atoms with Gasteiger partial charge in [-0.2, -0.15) is 11.8 Å². The second kappa shape index (κ2) is 12.9. The molecule has 0 aromatic heterocycles. The second-order valence-corrected chi connectivity index (χ2v) is 11.1. The molecular formula is C27H33N5O7S. The third-order valence-corrected chi connectivity index (χ3v) is 8.47. The predicted octanol–water partition coefficient (Wildman–Crippen LogP) is 3.23. The number of nitro groups is 1. The van der Waals surface area contributed by atoms with Gasteiger partial charge >= 0.3 is 12.1 Å². The Kier molecular flexibility index (Phi) is 9.35. The van der Waals surface area contributed by atoms with Crippen molar-refractivity contribution >= 4 is 35.5 Å². The molecule has 0 aliphatic carbocycles. The Hall–Kier alpha value is -4.00. The van der Waals surface area contributed by atoms with Crippen molar-refractivity contribution in [3.63, 3.8) is 0 Å². The summed E-state index contributed by atoms with van der Waals surface area (Å²) in [6.45, 7) is 3.10. The largest absolute Gasteiger partial charge is 0.497 e. The normalized spacial score (nSPS) is 20.8. The highest BCUT2D eigenvalue weighted by Gasteiger charge is 2.44. The first-order valence-corrected chi connectivity index (χ1v) is 14.0. The highest BCUT2D eigenvalue weighted by molar-refractivity contribution is 7.99. The standard InChI is InChI=1S/C27H33N5O7S/c1-18-14-29(26(28)34)11-12-30(18)25(33)24-13-23(40-17-20-5-9-22(38-2)10-6-20)15-31(24)27(35)39-16-19-3-7-21(8-4-19)32(36)37/h3-10,18,23-24H,11-17H2,1-2H3,(H2,28,34)/t18?,23-,24-/m0/s1. The van der Waals surface area contributed by atoms with Crippen LogP contribution in [0.5, 0.6) is 5.75 Å². The van der Waals surface area contributed by atoms with Gasteiger partial charge in [0, 0.05) is 55.4 Å². The molecule has 0 saturated carbocycles. The number of carbonyl (C=O) groups is 3. The molecule has 2 heterocycles. The van der Waals surface area contributed by atoms with Gasteiger partial charge in [0.2, 0.25) is 5.91 Å². The minimum absolute atomic E-state index is 0.00481. The van der Waals surface area contributed by atoms with Gasteiger partial charge in [-0.05, 0) is 48.7 Å². The van der Waals surface area contributed by atoms with Crippen LogP contribution in [0, 0.1) is 10.1 Å². The van der Waals surface area contributed by atoms with Gasteiger partial charge < -0.3 is 25.0 Å². The van der Waals surface area contributed by atoms with E-state index in [9.17, 15) is 24.5 Å². The fourth-order valence-electron chi connectivity index (χ4n) is 4.91. The Morgan fingerprint density at radius 1 is 1.02 bits per heavy atom. The average Bonchev–Trinajstić information content (AvgIpc) is 3.39. The number of nitrogens with two attached hydrogens (primary N) is 1. The molecule has 0 bridgehead atoms. The number of primary amides is 1. The van der Waals surface area contributed by atoms with Crippen LogP contribution in [0.1, 0.15) is 24.5 Å². The van der Waals surface area contributed by atoms with Crippen molar-refractivity contribution in [2.24, 2.45) is 5.73 Å². The number of nitro benzene ring substituents is 1. The number of nitrogens with zero attached hydrogens (tertiary/aromatic N) is 4. The van der Waals surface area contributed by atoms with Crippen molar-refractivity contribution < 1.29 is 28.8 Å². The van der Waals surface area contributed by atoms with Crippen LogP contribution in [0.4, 0.5) is 15.3 Å². The molecule has 1 unspecified atom stereocenters. The number of amides is 4.